The van der Waals surface area contributed by atoms with E-state index < -0.39 is 16.1 Å². The van der Waals surface area contributed by atoms with E-state index in [2.05, 4.69) is 0 Å². The molecular weight excluding hydrogens is 526 g/mol. The number of ether oxygens (including phenoxy) is 2. The quantitative estimate of drug-likeness (QED) is 0.253. The Morgan fingerprint density at radius 2 is 1.45 bits per heavy atom. The molecule has 1 aromatic heterocycles. The molecule has 0 fully saturated rings. The number of aromatic nitrogens is 2. The van der Waals surface area contributed by atoms with Crippen LogP contribution in [-0.4, -0.2) is 43.5 Å². The van der Waals surface area contributed by atoms with Gasteiger partial charge in [0.15, 0.2) is 0 Å². The minimum absolute atomic E-state index is 0.141. The first-order valence-corrected chi connectivity index (χ1v) is 14.1. The molecule has 0 saturated heterocycles. The molecular formula is C31H29N3O5S. The second kappa shape index (κ2) is 11.0. The summed E-state index contributed by atoms with van der Waals surface area (Å²) in [5, 5.41) is 0.304. The third-order valence-electron chi connectivity index (χ3n) is 6.99. The molecule has 9 heteroatoms. The topological polar surface area (TPSA) is 90.7 Å². The summed E-state index contributed by atoms with van der Waals surface area (Å²) >= 11 is 0. The zero-order chi connectivity index (χ0) is 28.4. The molecule has 0 amide bonds. The summed E-state index contributed by atoms with van der Waals surface area (Å²) in [6.07, 6.45) is 0. The van der Waals surface area contributed by atoms with Crippen LogP contribution < -0.4 is 15.0 Å². The predicted octanol–water partition coefficient (Wildman–Crippen LogP) is 5.45. The molecule has 40 heavy (non-hydrogen) atoms. The minimum Gasteiger partial charge on any atom is -0.497 e. The standard InChI is InChI=1S/C31H29N3O5S/c1-21(33(2)40(36,37)26-19-13-23(14-20-26)22-9-6-5-7-10-22)30-32-27-11-8-12-28(39-4)29(27)31(35)34(30)24-15-17-25(38-3)18-16-24/h5-21H,1-4H3. The van der Waals surface area contributed by atoms with Gasteiger partial charge in [-0.15, -0.1) is 0 Å². The monoisotopic (exact) mass is 555 g/mol. The Bertz CT molecular complexity index is 1820. The van der Waals surface area contributed by atoms with Gasteiger partial charge in [0.05, 0.1) is 36.4 Å². The lowest BCUT2D eigenvalue weighted by molar-refractivity contribution is 0.378. The molecule has 0 radical (unpaired) electrons. The van der Waals surface area contributed by atoms with Gasteiger partial charge in [0.1, 0.15) is 22.7 Å². The Hall–Kier alpha value is -4.47. The third-order valence-corrected chi connectivity index (χ3v) is 8.94. The maximum absolute atomic E-state index is 13.9. The first kappa shape index (κ1) is 27.1. The van der Waals surface area contributed by atoms with E-state index >= 15 is 0 Å². The molecule has 0 aliphatic carbocycles. The summed E-state index contributed by atoms with van der Waals surface area (Å²) in [6, 6.07) is 27.8. The van der Waals surface area contributed by atoms with Crippen LogP contribution in [0.4, 0.5) is 0 Å². The molecule has 0 spiro atoms. The summed E-state index contributed by atoms with van der Waals surface area (Å²) in [6.45, 7) is 1.71. The van der Waals surface area contributed by atoms with Crippen LogP contribution in [0.25, 0.3) is 27.7 Å². The number of hydrogen-bond donors (Lipinski definition) is 0. The lowest BCUT2D eigenvalue weighted by atomic mass is 10.1. The van der Waals surface area contributed by atoms with E-state index in [1.54, 1.807) is 80.8 Å². The zero-order valence-electron chi connectivity index (χ0n) is 22.6. The molecule has 0 saturated carbocycles. The maximum Gasteiger partial charge on any atom is 0.269 e. The Morgan fingerprint density at radius 1 is 0.800 bits per heavy atom. The van der Waals surface area contributed by atoms with Crippen molar-refractivity contribution in [1.82, 2.24) is 13.9 Å². The molecule has 4 aromatic carbocycles. The number of rotatable bonds is 8. The summed E-state index contributed by atoms with van der Waals surface area (Å²) < 4.78 is 40.9. The lowest BCUT2D eigenvalue weighted by Crippen LogP contribution is -2.35. The van der Waals surface area contributed by atoms with E-state index in [0.29, 0.717) is 28.1 Å². The second-order valence-corrected chi connectivity index (χ2v) is 11.2. The van der Waals surface area contributed by atoms with Gasteiger partial charge in [0.2, 0.25) is 10.0 Å². The van der Waals surface area contributed by atoms with Gasteiger partial charge in [0.25, 0.3) is 5.56 Å². The van der Waals surface area contributed by atoms with Crippen molar-refractivity contribution in [3.63, 3.8) is 0 Å². The van der Waals surface area contributed by atoms with E-state index in [1.807, 2.05) is 30.3 Å². The van der Waals surface area contributed by atoms with E-state index in [0.717, 1.165) is 11.1 Å². The fourth-order valence-corrected chi connectivity index (χ4v) is 5.96. The third kappa shape index (κ3) is 4.85. The van der Waals surface area contributed by atoms with Gasteiger partial charge in [0, 0.05) is 7.05 Å². The van der Waals surface area contributed by atoms with Crippen LogP contribution in [0.15, 0.2) is 107 Å². The van der Waals surface area contributed by atoms with Crippen molar-refractivity contribution in [2.75, 3.05) is 21.3 Å². The number of hydrogen-bond acceptors (Lipinski definition) is 6. The highest BCUT2D eigenvalue weighted by Crippen LogP contribution is 2.30. The lowest BCUT2D eigenvalue weighted by Gasteiger charge is -2.26. The second-order valence-electron chi connectivity index (χ2n) is 9.25. The Balaban J connectivity index is 1.61. The fourth-order valence-electron chi connectivity index (χ4n) is 4.64. The number of sulfonamides is 1. The van der Waals surface area contributed by atoms with Crippen molar-refractivity contribution in [1.29, 1.82) is 0 Å². The zero-order valence-corrected chi connectivity index (χ0v) is 23.4. The fraction of sp³-hybridized carbons (Fsp3) is 0.161. The molecule has 0 aliphatic rings. The van der Waals surface area contributed by atoms with Gasteiger partial charge < -0.3 is 9.47 Å². The van der Waals surface area contributed by atoms with E-state index in [9.17, 15) is 13.2 Å². The molecule has 8 nitrogen and oxygen atoms in total. The van der Waals surface area contributed by atoms with Gasteiger partial charge in [-0.1, -0.05) is 48.5 Å². The molecule has 0 bridgehead atoms. The summed E-state index contributed by atoms with van der Waals surface area (Å²) in [7, 11) is 0.602. The van der Waals surface area contributed by atoms with Crippen LogP contribution in [0, 0.1) is 0 Å². The molecule has 0 aliphatic heterocycles. The number of methoxy groups -OCH3 is 2. The number of fused-ring (bicyclic) bond motifs is 1. The van der Waals surface area contributed by atoms with Crippen molar-refractivity contribution in [2.45, 2.75) is 17.9 Å². The first-order chi connectivity index (χ1) is 19.3. The molecule has 5 rings (SSSR count). The largest absolute Gasteiger partial charge is 0.497 e. The van der Waals surface area contributed by atoms with Crippen LogP contribution in [0.1, 0.15) is 18.8 Å². The highest BCUT2D eigenvalue weighted by Gasteiger charge is 2.30. The molecule has 5 aromatic rings. The first-order valence-electron chi connectivity index (χ1n) is 12.6. The van der Waals surface area contributed by atoms with Gasteiger partial charge in [-0.3, -0.25) is 9.36 Å². The number of nitrogens with zero attached hydrogens (tertiary/aromatic N) is 3. The maximum atomic E-state index is 13.9. The molecule has 0 N–H and O–H groups in total. The predicted molar refractivity (Wildman–Crippen MR) is 156 cm³/mol. The number of benzene rings is 4. The van der Waals surface area contributed by atoms with Crippen molar-refractivity contribution < 1.29 is 17.9 Å². The minimum atomic E-state index is -3.94. The average Bonchev–Trinajstić information content (AvgIpc) is 3.00. The highest BCUT2D eigenvalue weighted by atomic mass is 32.2. The van der Waals surface area contributed by atoms with Gasteiger partial charge >= 0.3 is 0 Å². The van der Waals surface area contributed by atoms with Gasteiger partial charge in [-0.2, -0.15) is 4.31 Å². The van der Waals surface area contributed by atoms with E-state index in [1.165, 1.54) is 23.0 Å². The smallest absolute Gasteiger partial charge is 0.269 e. The van der Waals surface area contributed by atoms with Crippen LogP contribution in [0.3, 0.4) is 0 Å². The molecule has 1 unspecified atom stereocenters. The summed E-state index contributed by atoms with van der Waals surface area (Å²) in [5.41, 5.74) is 2.47. The van der Waals surface area contributed by atoms with Crippen LogP contribution in [0.5, 0.6) is 11.5 Å². The molecule has 1 heterocycles. The normalized spacial score (nSPS) is 12.4. The van der Waals surface area contributed by atoms with Gasteiger partial charge in [-0.05, 0) is 66.6 Å². The van der Waals surface area contributed by atoms with Crippen molar-refractivity contribution in [3.05, 3.63) is 113 Å². The van der Waals surface area contributed by atoms with Crippen molar-refractivity contribution in [3.8, 4) is 28.3 Å². The average molecular weight is 556 g/mol. The SMILES string of the molecule is COc1ccc(-n2c(C(C)N(C)S(=O)(=O)c3ccc(-c4ccccc4)cc3)nc3cccc(OC)c3c2=O)cc1. The van der Waals surface area contributed by atoms with Crippen LogP contribution in [0.2, 0.25) is 0 Å². The Morgan fingerprint density at radius 3 is 2.08 bits per heavy atom. The van der Waals surface area contributed by atoms with Crippen LogP contribution >= 0.6 is 0 Å². The Kier molecular flexibility index (Phi) is 7.42. The van der Waals surface area contributed by atoms with Crippen LogP contribution in [-0.2, 0) is 10.0 Å². The molecule has 1 atom stereocenters. The van der Waals surface area contributed by atoms with E-state index in [4.69, 9.17) is 14.5 Å². The molecule has 204 valence electrons. The van der Waals surface area contributed by atoms with Gasteiger partial charge in [-0.25, -0.2) is 13.4 Å². The summed E-state index contributed by atoms with van der Waals surface area (Å²) in [5.74, 6) is 1.27. The summed E-state index contributed by atoms with van der Waals surface area (Å²) in [4.78, 5) is 18.9. The van der Waals surface area contributed by atoms with Crippen molar-refractivity contribution >= 4 is 20.9 Å². The highest BCUT2D eigenvalue weighted by molar-refractivity contribution is 7.89. The van der Waals surface area contributed by atoms with E-state index in [-0.39, 0.29) is 16.3 Å². The Labute approximate surface area is 233 Å². The van der Waals surface area contributed by atoms with Crippen molar-refractivity contribution in [2.24, 2.45) is 0 Å².